The summed E-state index contributed by atoms with van der Waals surface area (Å²) in [4.78, 5) is 36.6. The fraction of sp³-hybridized carbons (Fsp3) is 0.118. The largest absolute Gasteiger partial charge is 0.351 e. The van der Waals surface area contributed by atoms with Crippen molar-refractivity contribution in [3.8, 4) is 0 Å². The lowest BCUT2D eigenvalue weighted by molar-refractivity contribution is 0.0827. The van der Waals surface area contributed by atoms with Crippen LogP contribution in [0.5, 0.6) is 0 Å². The average Bonchev–Trinajstić information content (AvgIpc) is 2.54. The van der Waals surface area contributed by atoms with Crippen molar-refractivity contribution in [1.82, 2.24) is 4.90 Å². The summed E-state index contributed by atoms with van der Waals surface area (Å²) in [7, 11) is 3.32. The van der Waals surface area contributed by atoms with Gasteiger partial charge >= 0.3 is 6.03 Å². The Labute approximate surface area is 139 Å². The molecule has 0 bridgehead atoms. The van der Waals surface area contributed by atoms with Crippen LogP contribution < -0.4 is 16.4 Å². The number of nitrogens with one attached hydrogen (secondary N) is 2. The third kappa shape index (κ3) is 4.33. The summed E-state index contributed by atoms with van der Waals surface area (Å²) < 4.78 is 0. The van der Waals surface area contributed by atoms with Gasteiger partial charge in [-0.3, -0.25) is 9.59 Å². The molecule has 0 radical (unpaired) electrons. The normalized spacial score (nSPS) is 9.92. The van der Waals surface area contributed by atoms with Gasteiger partial charge in [0.25, 0.3) is 11.8 Å². The molecule has 0 fully saturated rings. The van der Waals surface area contributed by atoms with Crippen LogP contribution in [0, 0.1) is 0 Å². The molecule has 0 atom stereocenters. The minimum atomic E-state index is -0.706. The van der Waals surface area contributed by atoms with Crippen molar-refractivity contribution in [3.63, 3.8) is 0 Å². The topological polar surface area (TPSA) is 105 Å². The molecule has 0 aliphatic heterocycles. The highest BCUT2D eigenvalue weighted by Crippen LogP contribution is 2.15. The number of amides is 4. The lowest BCUT2D eigenvalue weighted by atomic mass is 10.1. The fourth-order valence-corrected chi connectivity index (χ4v) is 2.07. The van der Waals surface area contributed by atoms with E-state index in [4.69, 9.17) is 5.73 Å². The number of anilines is 2. The van der Waals surface area contributed by atoms with Gasteiger partial charge in [0.05, 0.1) is 0 Å². The first-order chi connectivity index (χ1) is 11.4. The Hall–Kier alpha value is -3.35. The molecule has 2 rings (SSSR count). The van der Waals surface area contributed by atoms with E-state index in [1.807, 2.05) is 0 Å². The number of nitrogens with zero attached hydrogens (tertiary/aromatic N) is 1. The zero-order valence-corrected chi connectivity index (χ0v) is 13.4. The van der Waals surface area contributed by atoms with Crippen LogP contribution in [-0.2, 0) is 0 Å². The van der Waals surface area contributed by atoms with Crippen molar-refractivity contribution in [2.45, 2.75) is 0 Å². The number of carbonyl (C=O) groups excluding carboxylic acids is 3. The van der Waals surface area contributed by atoms with E-state index in [0.29, 0.717) is 22.5 Å². The maximum absolute atomic E-state index is 12.3. The first-order valence-electron chi connectivity index (χ1n) is 7.16. The van der Waals surface area contributed by atoms with Crippen LogP contribution in [0.15, 0.2) is 48.5 Å². The first-order valence-corrected chi connectivity index (χ1v) is 7.16. The van der Waals surface area contributed by atoms with Gasteiger partial charge in [-0.1, -0.05) is 12.1 Å². The number of primary amides is 1. The fourth-order valence-electron chi connectivity index (χ4n) is 2.07. The maximum Gasteiger partial charge on any atom is 0.316 e. The molecule has 0 saturated carbocycles. The van der Waals surface area contributed by atoms with Gasteiger partial charge in [-0.2, -0.15) is 0 Å². The van der Waals surface area contributed by atoms with Gasteiger partial charge in [0.15, 0.2) is 0 Å². The summed E-state index contributed by atoms with van der Waals surface area (Å²) in [6, 6.07) is 12.3. The molecular weight excluding hydrogens is 308 g/mol. The molecule has 4 amide bonds. The zero-order chi connectivity index (χ0) is 17.7. The molecule has 124 valence electrons. The molecule has 24 heavy (non-hydrogen) atoms. The maximum atomic E-state index is 12.3. The Kier molecular flexibility index (Phi) is 5.16. The van der Waals surface area contributed by atoms with Crippen molar-refractivity contribution < 1.29 is 14.4 Å². The van der Waals surface area contributed by atoms with Crippen molar-refractivity contribution >= 4 is 29.2 Å². The number of nitrogens with two attached hydrogens (primary N) is 1. The van der Waals surface area contributed by atoms with Crippen LogP contribution >= 0.6 is 0 Å². The second-order valence-corrected chi connectivity index (χ2v) is 5.30. The summed E-state index contributed by atoms with van der Waals surface area (Å²) in [5, 5.41) is 5.13. The number of urea groups is 1. The highest BCUT2D eigenvalue weighted by atomic mass is 16.2. The molecule has 0 unspecified atom stereocenters. The van der Waals surface area contributed by atoms with E-state index in [1.165, 1.54) is 11.0 Å². The second-order valence-electron chi connectivity index (χ2n) is 5.30. The minimum absolute atomic E-state index is 0.154. The Morgan fingerprint density at radius 3 is 2.00 bits per heavy atom. The van der Waals surface area contributed by atoms with Crippen LogP contribution in [0.25, 0.3) is 0 Å². The van der Waals surface area contributed by atoms with Crippen LogP contribution in [0.3, 0.4) is 0 Å². The molecule has 4 N–H and O–H groups in total. The third-order valence-corrected chi connectivity index (χ3v) is 3.17. The molecule has 0 saturated heterocycles. The van der Waals surface area contributed by atoms with Crippen LogP contribution in [0.4, 0.5) is 16.2 Å². The number of hydrogen-bond acceptors (Lipinski definition) is 3. The molecule has 7 heteroatoms. The van der Waals surface area contributed by atoms with Gasteiger partial charge in [-0.25, -0.2) is 4.79 Å². The highest BCUT2D eigenvalue weighted by molar-refractivity contribution is 6.06. The predicted octanol–water partition coefficient (Wildman–Crippen LogP) is 2.13. The Balaban J connectivity index is 2.16. The second kappa shape index (κ2) is 7.28. The van der Waals surface area contributed by atoms with Gasteiger partial charge in [0, 0.05) is 36.6 Å². The summed E-state index contributed by atoms with van der Waals surface area (Å²) in [5.74, 6) is -0.517. The zero-order valence-electron chi connectivity index (χ0n) is 13.4. The molecule has 0 aliphatic rings. The minimum Gasteiger partial charge on any atom is -0.351 e. The van der Waals surface area contributed by atoms with Gasteiger partial charge in [-0.05, 0) is 36.4 Å². The van der Waals surface area contributed by atoms with E-state index >= 15 is 0 Å². The van der Waals surface area contributed by atoms with Crippen molar-refractivity contribution in [2.24, 2.45) is 5.73 Å². The monoisotopic (exact) mass is 326 g/mol. The van der Waals surface area contributed by atoms with Crippen molar-refractivity contribution in [3.05, 3.63) is 59.7 Å². The summed E-state index contributed by atoms with van der Waals surface area (Å²) in [6.07, 6.45) is 0. The van der Waals surface area contributed by atoms with Crippen LogP contribution in [-0.4, -0.2) is 36.8 Å². The molecule has 0 aromatic heterocycles. The smallest absolute Gasteiger partial charge is 0.316 e. The van der Waals surface area contributed by atoms with Gasteiger partial charge < -0.3 is 21.3 Å². The van der Waals surface area contributed by atoms with Crippen molar-refractivity contribution in [1.29, 1.82) is 0 Å². The molecule has 0 aliphatic carbocycles. The van der Waals surface area contributed by atoms with E-state index in [9.17, 15) is 14.4 Å². The van der Waals surface area contributed by atoms with E-state index < -0.39 is 6.03 Å². The van der Waals surface area contributed by atoms with Gasteiger partial charge in [-0.15, -0.1) is 0 Å². The molecule has 0 spiro atoms. The number of rotatable bonds is 4. The third-order valence-electron chi connectivity index (χ3n) is 3.17. The van der Waals surface area contributed by atoms with E-state index in [1.54, 1.807) is 56.6 Å². The molecular formula is C17H18N4O3. The SMILES string of the molecule is CN(C)C(=O)c1cccc(NC(=O)c2cccc(NC(N)=O)c2)c1. The lowest BCUT2D eigenvalue weighted by Gasteiger charge is -2.12. The summed E-state index contributed by atoms with van der Waals surface area (Å²) >= 11 is 0. The molecule has 0 heterocycles. The Morgan fingerprint density at radius 1 is 0.875 bits per heavy atom. The lowest BCUT2D eigenvalue weighted by Crippen LogP contribution is -2.22. The molecule has 7 nitrogen and oxygen atoms in total. The standard InChI is InChI=1S/C17H18N4O3/c1-21(2)16(23)12-6-4-7-13(10-12)19-15(22)11-5-3-8-14(9-11)20-17(18)24/h3-10H,1-2H3,(H,19,22)(H3,18,20,24). The summed E-state index contributed by atoms with van der Waals surface area (Å²) in [6.45, 7) is 0. The predicted molar refractivity (Wildman–Crippen MR) is 92.1 cm³/mol. The van der Waals surface area contributed by atoms with E-state index in [2.05, 4.69) is 10.6 Å². The van der Waals surface area contributed by atoms with Gasteiger partial charge in [0.1, 0.15) is 0 Å². The van der Waals surface area contributed by atoms with Gasteiger partial charge in [0.2, 0.25) is 0 Å². The Morgan fingerprint density at radius 2 is 1.42 bits per heavy atom. The van der Waals surface area contributed by atoms with E-state index in [-0.39, 0.29) is 11.8 Å². The Bertz CT molecular complexity index is 787. The quantitative estimate of drug-likeness (QED) is 0.801. The first kappa shape index (κ1) is 17.0. The molecule has 2 aromatic rings. The van der Waals surface area contributed by atoms with Crippen LogP contribution in [0.2, 0.25) is 0 Å². The average molecular weight is 326 g/mol. The van der Waals surface area contributed by atoms with E-state index in [0.717, 1.165) is 0 Å². The van der Waals surface area contributed by atoms with Crippen molar-refractivity contribution in [2.75, 3.05) is 24.7 Å². The summed E-state index contributed by atoms with van der Waals surface area (Å²) in [5.41, 5.74) is 6.81. The number of hydrogen-bond donors (Lipinski definition) is 3. The van der Waals surface area contributed by atoms with Crippen LogP contribution in [0.1, 0.15) is 20.7 Å². The molecule has 2 aromatic carbocycles. The number of benzene rings is 2. The number of carbonyl (C=O) groups is 3. The highest BCUT2D eigenvalue weighted by Gasteiger charge is 2.11.